The lowest BCUT2D eigenvalue weighted by Crippen LogP contribution is -2.26. The Hall–Kier alpha value is -6.19. The van der Waals surface area contributed by atoms with E-state index < -0.39 is 5.41 Å². The Balaban J connectivity index is 1.27. The lowest BCUT2D eigenvalue weighted by Gasteiger charge is -2.35. The van der Waals surface area contributed by atoms with Gasteiger partial charge in [-0.2, -0.15) is 5.26 Å². The molecule has 0 N–H and O–H groups in total. The van der Waals surface area contributed by atoms with Gasteiger partial charge in [0.15, 0.2) is 17.5 Å². The summed E-state index contributed by atoms with van der Waals surface area (Å²) in [5, 5.41) is 11.0. The van der Waals surface area contributed by atoms with E-state index in [4.69, 9.17) is 19.7 Å². The highest BCUT2D eigenvalue weighted by molar-refractivity contribution is 5.93. The summed E-state index contributed by atoms with van der Waals surface area (Å²) in [5.74, 6) is 3.00. The van der Waals surface area contributed by atoms with E-state index in [2.05, 4.69) is 67.4 Å². The number of nitriles is 1. The molecule has 0 unspecified atom stereocenters. The first-order chi connectivity index (χ1) is 22.5. The molecule has 1 aliphatic rings. The second kappa shape index (κ2) is 10.8. The van der Waals surface area contributed by atoms with Crippen molar-refractivity contribution in [2.75, 3.05) is 0 Å². The van der Waals surface area contributed by atoms with Crippen molar-refractivity contribution in [1.29, 1.82) is 5.26 Å². The van der Waals surface area contributed by atoms with E-state index in [9.17, 15) is 5.26 Å². The number of ether oxygens (including phenoxy) is 1. The van der Waals surface area contributed by atoms with Gasteiger partial charge in [-0.3, -0.25) is 4.98 Å². The summed E-state index contributed by atoms with van der Waals surface area (Å²) in [4.78, 5) is 19.6. The third kappa shape index (κ3) is 4.49. The SMILES string of the molecule is CC1(C)c2cccc(-c3nc(-c4ccccc4)nc(-c4ccc(-c5cccc6cccnc56)cc4)n3)c2Oc2cccc(C#N)c21. The Kier molecular flexibility index (Phi) is 6.40. The molecule has 0 amide bonds. The van der Waals surface area contributed by atoms with Gasteiger partial charge in [0.25, 0.3) is 0 Å². The van der Waals surface area contributed by atoms with Crippen molar-refractivity contribution in [2.24, 2.45) is 0 Å². The van der Waals surface area contributed by atoms with Crippen LogP contribution < -0.4 is 4.74 Å². The van der Waals surface area contributed by atoms with E-state index in [1.807, 2.05) is 85.1 Å². The zero-order valence-electron chi connectivity index (χ0n) is 25.3. The number of fused-ring (bicyclic) bond motifs is 3. The van der Waals surface area contributed by atoms with Crippen LogP contribution in [0.25, 0.3) is 56.2 Å². The molecule has 46 heavy (non-hydrogen) atoms. The van der Waals surface area contributed by atoms with Crippen LogP contribution >= 0.6 is 0 Å². The van der Waals surface area contributed by atoms with E-state index in [0.29, 0.717) is 34.5 Å². The molecule has 3 heterocycles. The Morgan fingerprint density at radius 1 is 0.609 bits per heavy atom. The highest BCUT2D eigenvalue weighted by atomic mass is 16.5. The van der Waals surface area contributed by atoms with Crippen LogP contribution in [-0.2, 0) is 5.41 Å². The van der Waals surface area contributed by atoms with Crippen molar-refractivity contribution in [3.05, 3.63) is 144 Å². The monoisotopic (exact) mass is 593 g/mol. The molecule has 0 spiro atoms. The van der Waals surface area contributed by atoms with Crippen LogP contribution in [0.5, 0.6) is 11.5 Å². The Bertz CT molecular complexity index is 2320. The average molecular weight is 594 g/mol. The normalized spacial score (nSPS) is 12.9. The summed E-state index contributed by atoms with van der Waals surface area (Å²) in [6.07, 6.45) is 1.83. The molecule has 0 fully saturated rings. The van der Waals surface area contributed by atoms with Crippen molar-refractivity contribution in [3.8, 4) is 62.9 Å². The van der Waals surface area contributed by atoms with Crippen molar-refractivity contribution in [2.45, 2.75) is 19.3 Å². The molecular weight excluding hydrogens is 566 g/mol. The number of benzene rings is 5. The topological polar surface area (TPSA) is 84.6 Å². The molecule has 218 valence electrons. The first-order valence-electron chi connectivity index (χ1n) is 15.1. The standard InChI is InChI=1S/C40H27N5O/c1-40(2)32-17-8-16-31(36(32)46-33-18-7-13-29(24-41)34(33)40)39-44-37(27-10-4-3-5-11-27)43-38(45-39)28-21-19-25(20-22-28)30-15-6-12-26-14-9-23-42-35(26)30/h3-23H,1-2H3. The summed E-state index contributed by atoms with van der Waals surface area (Å²) >= 11 is 0. The number of pyridine rings is 1. The number of nitrogens with zero attached hydrogens (tertiary/aromatic N) is 5. The van der Waals surface area contributed by atoms with Gasteiger partial charge in [0, 0.05) is 44.8 Å². The van der Waals surface area contributed by atoms with Gasteiger partial charge in [-0.25, -0.2) is 15.0 Å². The Morgan fingerprint density at radius 3 is 2.04 bits per heavy atom. The number of hydrogen-bond acceptors (Lipinski definition) is 6. The summed E-state index contributed by atoms with van der Waals surface area (Å²) < 4.78 is 6.57. The molecule has 0 bridgehead atoms. The molecule has 0 saturated heterocycles. The van der Waals surface area contributed by atoms with E-state index in [1.54, 1.807) is 0 Å². The lowest BCUT2D eigenvalue weighted by molar-refractivity contribution is 0.418. The molecule has 5 aromatic carbocycles. The zero-order valence-corrected chi connectivity index (χ0v) is 25.3. The average Bonchev–Trinajstić information content (AvgIpc) is 3.11. The fourth-order valence-corrected chi connectivity index (χ4v) is 6.39. The van der Waals surface area contributed by atoms with Gasteiger partial charge < -0.3 is 4.74 Å². The summed E-state index contributed by atoms with van der Waals surface area (Å²) in [6, 6.07) is 42.4. The first-order valence-corrected chi connectivity index (χ1v) is 15.1. The molecule has 8 rings (SSSR count). The lowest BCUT2D eigenvalue weighted by atomic mass is 9.73. The predicted octanol–water partition coefficient (Wildman–Crippen LogP) is 9.39. The van der Waals surface area contributed by atoms with Crippen LogP contribution in [0, 0.1) is 11.3 Å². The molecule has 0 radical (unpaired) electrons. The second-order valence-electron chi connectivity index (χ2n) is 11.8. The van der Waals surface area contributed by atoms with Crippen molar-refractivity contribution < 1.29 is 4.74 Å². The van der Waals surface area contributed by atoms with Gasteiger partial charge in [-0.15, -0.1) is 0 Å². The minimum absolute atomic E-state index is 0.477. The molecule has 2 aromatic heterocycles. The van der Waals surface area contributed by atoms with Crippen LogP contribution in [0.1, 0.15) is 30.5 Å². The van der Waals surface area contributed by atoms with Crippen molar-refractivity contribution >= 4 is 10.9 Å². The highest BCUT2D eigenvalue weighted by Crippen LogP contribution is 2.51. The van der Waals surface area contributed by atoms with Crippen LogP contribution in [0.2, 0.25) is 0 Å². The van der Waals surface area contributed by atoms with Crippen LogP contribution in [0.3, 0.4) is 0 Å². The minimum atomic E-state index is -0.477. The van der Waals surface area contributed by atoms with Crippen LogP contribution in [0.4, 0.5) is 0 Å². The number of aromatic nitrogens is 4. The van der Waals surface area contributed by atoms with E-state index in [-0.39, 0.29) is 0 Å². The van der Waals surface area contributed by atoms with Gasteiger partial charge in [-0.05, 0) is 29.8 Å². The fourth-order valence-electron chi connectivity index (χ4n) is 6.39. The number of rotatable bonds is 4. The Labute approximate surface area is 266 Å². The summed E-state index contributed by atoms with van der Waals surface area (Å²) in [7, 11) is 0. The molecule has 0 atom stereocenters. The maximum Gasteiger partial charge on any atom is 0.167 e. The molecular formula is C40H27N5O. The minimum Gasteiger partial charge on any atom is -0.456 e. The first kappa shape index (κ1) is 27.4. The zero-order chi connectivity index (χ0) is 31.3. The number of hydrogen-bond donors (Lipinski definition) is 0. The largest absolute Gasteiger partial charge is 0.456 e. The fraction of sp³-hybridized carbons (Fsp3) is 0.0750. The van der Waals surface area contributed by atoms with Gasteiger partial charge in [0.2, 0.25) is 0 Å². The smallest absolute Gasteiger partial charge is 0.167 e. The third-order valence-electron chi connectivity index (χ3n) is 8.67. The van der Waals surface area contributed by atoms with Gasteiger partial charge in [0.1, 0.15) is 11.5 Å². The highest BCUT2D eigenvalue weighted by Gasteiger charge is 2.38. The van der Waals surface area contributed by atoms with Crippen molar-refractivity contribution in [3.63, 3.8) is 0 Å². The number of para-hydroxylation sites is 2. The van der Waals surface area contributed by atoms with Crippen LogP contribution in [-0.4, -0.2) is 19.9 Å². The van der Waals surface area contributed by atoms with Gasteiger partial charge >= 0.3 is 0 Å². The van der Waals surface area contributed by atoms with Crippen LogP contribution in [0.15, 0.2) is 128 Å². The quantitative estimate of drug-likeness (QED) is 0.202. The molecule has 0 saturated carbocycles. The summed E-state index contributed by atoms with van der Waals surface area (Å²) in [6.45, 7) is 4.25. The molecule has 1 aliphatic heterocycles. The van der Waals surface area contributed by atoms with E-state index in [0.717, 1.165) is 49.8 Å². The summed E-state index contributed by atoms with van der Waals surface area (Å²) in [5.41, 5.74) is 7.60. The maximum absolute atomic E-state index is 9.88. The second-order valence-corrected chi connectivity index (χ2v) is 11.8. The Morgan fingerprint density at radius 2 is 1.26 bits per heavy atom. The molecule has 6 nitrogen and oxygen atoms in total. The maximum atomic E-state index is 9.88. The predicted molar refractivity (Wildman–Crippen MR) is 180 cm³/mol. The van der Waals surface area contributed by atoms with Crippen molar-refractivity contribution in [1.82, 2.24) is 19.9 Å². The molecule has 0 aliphatic carbocycles. The third-order valence-corrected chi connectivity index (χ3v) is 8.67. The van der Waals surface area contributed by atoms with Gasteiger partial charge in [-0.1, -0.05) is 111 Å². The molecule has 7 aromatic rings. The van der Waals surface area contributed by atoms with E-state index in [1.165, 1.54) is 0 Å². The van der Waals surface area contributed by atoms with E-state index >= 15 is 0 Å². The van der Waals surface area contributed by atoms with Gasteiger partial charge in [0.05, 0.1) is 22.7 Å². The molecule has 6 heteroatoms.